The lowest BCUT2D eigenvalue weighted by molar-refractivity contribution is -0.146. The lowest BCUT2D eigenvalue weighted by Crippen LogP contribution is -2.42. The van der Waals surface area contributed by atoms with Crippen LogP contribution in [-0.2, 0) is 27.8 Å². The van der Waals surface area contributed by atoms with Crippen molar-refractivity contribution >= 4 is 18.0 Å². The fraction of sp³-hybridized carbons (Fsp3) is 0.278. The van der Waals surface area contributed by atoms with Crippen molar-refractivity contribution in [2.24, 2.45) is 7.05 Å². The third-order valence-corrected chi connectivity index (χ3v) is 3.32. The number of rotatable bonds is 7. The summed E-state index contributed by atoms with van der Waals surface area (Å²) in [5.41, 5.74) is 1.76. The molecule has 0 unspecified atom stereocenters. The molecule has 2 rings (SSSR count). The SMILES string of the molecule is CCOC(=O)[C@@H](Cc1ccccc1)NC(=O)/C=C/c1cnn(C)c1. The summed E-state index contributed by atoms with van der Waals surface area (Å²) in [5.74, 6) is -0.794. The summed E-state index contributed by atoms with van der Waals surface area (Å²) in [7, 11) is 1.80. The Morgan fingerprint density at radius 3 is 2.71 bits per heavy atom. The molecule has 1 aromatic heterocycles. The zero-order chi connectivity index (χ0) is 17.4. The molecule has 6 heteroatoms. The molecule has 0 aliphatic heterocycles. The van der Waals surface area contributed by atoms with E-state index in [9.17, 15) is 9.59 Å². The molecule has 1 heterocycles. The molecule has 0 aliphatic rings. The minimum Gasteiger partial charge on any atom is -0.464 e. The number of ether oxygens (including phenoxy) is 1. The maximum Gasteiger partial charge on any atom is 0.328 e. The number of nitrogens with zero attached hydrogens (tertiary/aromatic N) is 2. The molecule has 0 saturated heterocycles. The zero-order valence-corrected chi connectivity index (χ0v) is 13.8. The first-order valence-electron chi connectivity index (χ1n) is 7.76. The Balaban J connectivity index is 2.02. The maximum atomic E-state index is 12.1. The molecule has 0 radical (unpaired) electrons. The molecule has 24 heavy (non-hydrogen) atoms. The fourth-order valence-electron chi connectivity index (χ4n) is 2.20. The number of aromatic nitrogens is 2. The molecule has 1 N–H and O–H groups in total. The molecule has 0 bridgehead atoms. The average molecular weight is 327 g/mol. The van der Waals surface area contributed by atoms with E-state index < -0.39 is 12.0 Å². The van der Waals surface area contributed by atoms with Gasteiger partial charge in [0.2, 0.25) is 5.91 Å². The highest BCUT2D eigenvalue weighted by Gasteiger charge is 2.21. The second-order valence-corrected chi connectivity index (χ2v) is 5.28. The van der Waals surface area contributed by atoms with E-state index in [0.717, 1.165) is 11.1 Å². The molecule has 6 nitrogen and oxygen atoms in total. The van der Waals surface area contributed by atoms with Crippen molar-refractivity contribution in [3.05, 3.63) is 59.9 Å². The first-order valence-corrected chi connectivity index (χ1v) is 7.76. The Morgan fingerprint density at radius 2 is 2.08 bits per heavy atom. The van der Waals surface area contributed by atoms with E-state index >= 15 is 0 Å². The average Bonchev–Trinajstić information content (AvgIpc) is 2.99. The Kier molecular flexibility index (Phi) is 6.31. The number of carbonyl (C=O) groups is 2. The van der Waals surface area contributed by atoms with Gasteiger partial charge in [0.25, 0.3) is 0 Å². The van der Waals surface area contributed by atoms with Crippen molar-refractivity contribution in [2.75, 3.05) is 6.61 Å². The number of aryl methyl sites for hydroxylation is 1. The van der Waals surface area contributed by atoms with E-state index in [1.807, 2.05) is 30.3 Å². The summed E-state index contributed by atoms with van der Waals surface area (Å²) < 4.78 is 6.70. The minimum atomic E-state index is -0.724. The number of amides is 1. The molecule has 0 saturated carbocycles. The summed E-state index contributed by atoms with van der Waals surface area (Å²) in [6.07, 6.45) is 6.85. The largest absolute Gasteiger partial charge is 0.464 e. The highest BCUT2D eigenvalue weighted by atomic mass is 16.5. The van der Waals surface area contributed by atoms with Crippen LogP contribution in [0, 0.1) is 0 Å². The first-order chi connectivity index (χ1) is 11.6. The number of benzene rings is 1. The van der Waals surface area contributed by atoms with Crippen molar-refractivity contribution in [3.63, 3.8) is 0 Å². The molecule has 1 aromatic carbocycles. The van der Waals surface area contributed by atoms with E-state index in [1.165, 1.54) is 6.08 Å². The van der Waals surface area contributed by atoms with Crippen LogP contribution in [-0.4, -0.2) is 34.3 Å². The van der Waals surface area contributed by atoms with E-state index in [1.54, 1.807) is 37.1 Å². The smallest absolute Gasteiger partial charge is 0.328 e. The quantitative estimate of drug-likeness (QED) is 0.621. The third-order valence-electron chi connectivity index (χ3n) is 3.32. The number of carbonyl (C=O) groups excluding carboxylic acids is 2. The van der Waals surface area contributed by atoms with E-state index in [4.69, 9.17) is 4.74 Å². The molecule has 0 fully saturated rings. The van der Waals surface area contributed by atoms with Gasteiger partial charge in [-0.3, -0.25) is 9.48 Å². The minimum absolute atomic E-state index is 0.269. The molecule has 0 spiro atoms. The van der Waals surface area contributed by atoms with Gasteiger partial charge in [-0.2, -0.15) is 5.10 Å². The lowest BCUT2D eigenvalue weighted by Gasteiger charge is -2.16. The first kappa shape index (κ1) is 17.5. The molecule has 126 valence electrons. The van der Waals surface area contributed by atoms with Gasteiger partial charge in [0, 0.05) is 31.3 Å². The monoisotopic (exact) mass is 327 g/mol. The van der Waals surface area contributed by atoms with Crippen LogP contribution in [0.25, 0.3) is 6.08 Å². The Bertz CT molecular complexity index is 707. The zero-order valence-electron chi connectivity index (χ0n) is 13.8. The van der Waals surface area contributed by atoms with Gasteiger partial charge in [-0.05, 0) is 18.6 Å². The second-order valence-electron chi connectivity index (χ2n) is 5.28. The topological polar surface area (TPSA) is 73.2 Å². The van der Waals surface area contributed by atoms with Crippen molar-refractivity contribution < 1.29 is 14.3 Å². The maximum absolute atomic E-state index is 12.1. The van der Waals surface area contributed by atoms with Crippen LogP contribution in [0.4, 0.5) is 0 Å². The Labute approximate surface area is 141 Å². The van der Waals surface area contributed by atoms with Crippen molar-refractivity contribution in [1.29, 1.82) is 0 Å². The highest BCUT2D eigenvalue weighted by Crippen LogP contribution is 2.05. The van der Waals surface area contributed by atoms with E-state index in [2.05, 4.69) is 10.4 Å². The summed E-state index contributed by atoms with van der Waals surface area (Å²) >= 11 is 0. The predicted molar refractivity (Wildman–Crippen MR) is 91.0 cm³/mol. The summed E-state index contributed by atoms with van der Waals surface area (Å²) in [6, 6.07) is 8.77. The number of nitrogens with one attached hydrogen (secondary N) is 1. The van der Waals surface area contributed by atoms with Crippen LogP contribution in [0.3, 0.4) is 0 Å². The predicted octanol–water partition coefficient (Wildman–Crippen LogP) is 1.72. The molecular weight excluding hydrogens is 306 g/mol. The molecule has 2 aromatic rings. The Morgan fingerprint density at radius 1 is 1.33 bits per heavy atom. The number of hydrogen-bond donors (Lipinski definition) is 1. The van der Waals surface area contributed by atoms with E-state index in [0.29, 0.717) is 6.42 Å². The second kappa shape index (κ2) is 8.67. The van der Waals surface area contributed by atoms with Gasteiger partial charge in [-0.1, -0.05) is 30.3 Å². The summed E-state index contributed by atoms with van der Waals surface area (Å²) in [6.45, 7) is 2.01. The lowest BCUT2D eigenvalue weighted by atomic mass is 10.1. The summed E-state index contributed by atoms with van der Waals surface area (Å²) in [4.78, 5) is 24.2. The van der Waals surface area contributed by atoms with Gasteiger partial charge in [-0.25, -0.2) is 4.79 Å². The molecule has 1 amide bonds. The fourth-order valence-corrected chi connectivity index (χ4v) is 2.20. The van der Waals surface area contributed by atoms with Gasteiger partial charge in [0.15, 0.2) is 0 Å². The van der Waals surface area contributed by atoms with Crippen LogP contribution >= 0.6 is 0 Å². The molecular formula is C18H21N3O3. The molecule has 1 atom stereocenters. The van der Waals surface area contributed by atoms with Crippen molar-refractivity contribution in [1.82, 2.24) is 15.1 Å². The molecule has 0 aliphatic carbocycles. The number of esters is 1. The highest BCUT2D eigenvalue weighted by molar-refractivity contribution is 5.94. The summed E-state index contributed by atoms with van der Waals surface area (Å²) in [5, 5.41) is 6.72. The normalized spacial score (nSPS) is 12.1. The third kappa shape index (κ3) is 5.39. The van der Waals surface area contributed by atoms with Crippen LogP contribution in [0.1, 0.15) is 18.1 Å². The Hall–Kier alpha value is -2.89. The van der Waals surface area contributed by atoms with Gasteiger partial charge in [0.1, 0.15) is 6.04 Å². The van der Waals surface area contributed by atoms with Crippen LogP contribution in [0.5, 0.6) is 0 Å². The van der Waals surface area contributed by atoms with Gasteiger partial charge < -0.3 is 10.1 Å². The van der Waals surface area contributed by atoms with Crippen LogP contribution in [0.2, 0.25) is 0 Å². The number of hydrogen-bond acceptors (Lipinski definition) is 4. The van der Waals surface area contributed by atoms with Gasteiger partial charge >= 0.3 is 5.97 Å². The van der Waals surface area contributed by atoms with Gasteiger partial charge in [-0.15, -0.1) is 0 Å². The van der Waals surface area contributed by atoms with Crippen LogP contribution in [0.15, 0.2) is 48.8 Å². The van der Waals surface area contributed by atoms with Crippen LogP contribution < -0.4 is 5.32 Å². The van der Waals surface area contributed by atoms with Crippen molar-refractivity contribution in [3.8, 4) is 0 Å². The van der Waals surface area contributed by atoms with E-state index in [-0.39, 0.29) is 12.5 Å². The van der Waals surface area contributed by atoms with Crippen molar-refractivity contribution in [2.45, 2.75) is 19.4 Å². The standard InChI is InChI=1S/C18H21N3O3/c1-3-24-18(23)16(11-14-7-5-4-6-8-14)20-17(22)10-9-15-12-19-21(2)13-15/h4-10,12-13,16H,3,11H2,1-2H3,(H,20,22)/b10-9+/t16-/m1/s1. The van der Waals surface area contributed by atoms with Gasteiger partial charge in [0.05, 0.1) is 12.8 Å².